The largest absolute Gasteiger partial charge is 0.508 e. The molecule has 2 aromatic carbocycles. The summed E-state index contributed by atoms with van der Waals surface area (Å²) < 4.78 is 0. The molecule has 3 atom stereocenters. The quantitative estimate of drug-likeness (QED) is 0.0592. The lowest BCUT2D eigenvalue weighted by Crippen LogP contribution is -2.56. The normalized spacial score (nSPS) is 12.1. The average molecular weight is 731 g/mol. The molecule has 0 bridgehead atoms. The number of nitrogens with zero attached hydrogens (tertiary/aromatic N) is 3. The number of amides is 3. The molecule has 0 saturated heterocycles. The van der Waals surface area contributed by atoms with Crippen LogP contribution in [-0.4, -0.2) is 111 Å². The summed E-state index contributed by atoms with van der Waals surface area (Å²) in [6, 6.07) is 12.2. The second-order valence-electron chi connectivity index (χ2n) is 11.4. The third-order valence-electron chi connectivity index (χ3n) is 6.54. The maximum Gasteiger partial charge on any atom is 0.305 e. The average Bonchev–Trinajstić information content (AvgIpc) is 3.04. The zero-order valence-electron chi connectivity index (χ0n) is 29.7. The highest BCUT2D eigenvalue weighted by Gasteiger charge is 2.30. The molecule has 2 rings (SSSR count). The Morgan fingerprint density at radius 1 is 0.769 bits per heavy atom. The number of aliphatic imine (C=N–C) groups is 2. The van der Waals surface area contributed by atoms with Crippen molar-refractivity contribution in [3.63, 3.8) is 0 Å². The molecule has 18 nitrogen and oxygen atoms in total. The van der Waals surface area contributed by atoms with Crippen LogP contribution in [0.3, 0.4) is 0 Å². The van der Waals surface area contributed by atoms with Gasteiger partial charge in [-0.3, -0.25) is 38.8 Å². The number of benzene rings is 2. The maximum absolute atomic E-state index is 13.7. The molecule has 0 aliphatic carbocycles. The Bertz CT molecular complexity index is 1490. The highest BCUT2D eigenvalue weighted by molar-refractivity contribution is 5.94. The number of amidine groups is 1. The van der Waals surface area contributed by atoms with Crippen molar-refractivity contribution in [1.29, 1.82) is 0 Å². The second kappa shape index (κ2) is 24.9. The summed E-state index contributed by atoms with van der Waals surface area (Å²) in [5, 5.41) is 39.0. The SMILES string of the molecule is CC(=O)O.CC(=O)O.CC(N)=N[C@@H](Cc1ccc(O)cc1)C(=O)N[C@H](CCCN=C(N)N)C(=O)N[C@@H](Cc1ccccc1)C(=O)N(C)CCC(=O)O. The first kappa shape index (κ1) is 45.8. The van der Waals surface area contributed by atoms with E-state index in [1.54, 1.807) is 36.4 Å². The van der Waals surface area contributed by atoms with Crippen LogP contribution in [0.25, 0.3) is 0 Å². The molecule has 52 heavy (non-hydrogen) atoms. The summed E-state index contributed by atoms with van der Waals surface area (Å²) in [4.78, 5) is 79.0. The van der Waals surface area contributed by atoms with Crippen LogP contribution < -0.4 is 27.8 Å². The predicted octanol–water partition coefficient (Wildman–Crippen LogP) is 0.0612. The highest BCUT2D eigenvalue weighted by atomic mass is 16.4. The van der Waals surface area contributed by atoms with E-state index in [4.69, 9.17) is 42.1 Å². The van der Waals surface area contributed by atoms with Crippen molar-refractivity contribution in [2.75, 3.05) is 20.1 Å². The van der Waals surface area contributed by atoms with Crippen LogP contribution in [-0.2, 0) is 41.6 Å². The van der Waals surface area contributed by atoms with Gasteiger partial charge < -0.3 is 53.2 Å². The number of aromatic hydroxyl groups is 1. The first-order valence-corrected chi connectivity index (χ1v) is 16.0. The van der Waals surface area contributed by atoms with Gasteiger partial charge in [-0.15, -0.1) is 0 Å². The fraction of sp³-hybridized carbons (Fsp3) is 0.412. The van der Waals surface area contributed by atoms with Crippen LogP contribution >= 0.6 is 0 Å². The number of guanidine groups is 1. The molecule has 18 heteroatoms. The number of hydrogen-bond acceptors (Lipinski definition) is 9. The van der Waals surface area contributed by atoms with E-state index < -0.39 is 53.8 Å². The molecule has 0 aromatic heterocycles. The van der Waals surface area contributed by atoms with Gasteiger partial charge in [-0.2, -0.15) is 0 Å². The Morgan fingerprint density at radius 3 is 1.79 bits per heavy atom. The van der Waals surface area contributed by atoms with E-state index in [0.717, 1.165) is 19.4 Å². The lowest BCUT2D eigenvalue weighted by Gasteiger charge is -2.27. The Balaban J connectivity index is 0.00000293. The van der Waals surface area contributed by atoms with Crippen LogP contribution in [0, 0.1) is 0 Å². The van der Waals surface area contributed by atoms with Crippen LogP contribution in [0.15, 0.2) is 64.6 Å². The predicted molar refractivity (Wildman–Crippen MR) is 193 cm³/mol. The highest BCUT2D eigenvalue weighted by Crippen LogP contribution is 2.14. The fourth-order valence-corrected chi connectivity index (χ4v) is 4.30. The molecule has 0 unspecified atom stereocenters. The van der Waals surface area contributed by atoms with Gasteiger partial charge in [-0.1, -0.05) is 42.5 Å². The van der Waals surface area contributed by atoms with Crippen LogP contribution in [0.4, 0.5) is 0 Å². The fourth-order valence-electron chi connectivity index (χ4n) is 4.30. The summed E-state index contributed by atoms with van der Waals surface area (Å²) in [7, 11) is 1.46. The number of phenols is 1. The van der Waals surface area contributed by atoms with Gasteiger partial charge in [0, 0.05) is 46.8 Å². The molecule has 2 aromatic rings. The van der Waals surface area contributed by atoms with Gasteiger partial charge in [0.15, 0.2) is 5.96 Å². The summed E-state index contributed by atoms with van der Waals surface area (Å²) >= 11 is 0. The number of nitrogens with one attached hydrogen (secondary N) is 2. The van der Waals surface area contributed by atoms with Gasteiger partial charge in [-0.05, 0) is 43.0 Å². The molecule has 12 N–H and O–H groups in total. The topological polar surface area (TPSA) is 313 Å². The number of nitrogens with two attached hydrogens (primary N) is 3. The van der Waals surface area contributed by atoms with Crippen molar-refractivity contribution in [3.05, 3.63) is 65.7 Å². The minimum Gasteiger partial charge on any atom is -0.508 e. The van der Waals surface area contributed by atoms with Crippen LogP contribution in [0.5, 0.6) is 5.75 Å². The molecule has 0 spiro atoms. The van der Waals surface area contributed by atoms with Gasteiger partial charge in [0.1, 0.15) is 23.9 Å². The standard InChI is InChI=1S/C30H42N8O6.2C2H4O2/c1-19(31)35-24(17-21-10-12-22(39)13-11-21)28(43)36-23(9-6-15-34-30(32)33)27(42)37-25(18-20-7-4-3-5-8-20)29(44)38(2)16-14-26(40)41;2*1-2(3)4/h3-5,7-8,10-13,23-25,39H,6,9,14-18H2,1-2H3,(H2,31,35)(H,36,43)(H,37,42)(H,40,41)(H4,32,33,34);2*1H3,(H,3,4)/t23-,24+,25+;;/m1../s1. The summed E-state index contributed by atoms with van der Waals surface area (Å²) in [5.74, 6) is -4.30. The zero-order valence-corrected chi connectivity index (χ0v) is 29.7. The molecular formula is C34H50N8O10. The number of rotatable bonds is 17. The van der Waals surface area contributed by atoms with E-state index in [-0.39, 0.29) is 56.3 Å². The number of likely N-dealkylation sites (N-methyl/N-ethyl adjacent to an activating group) is 1. The first-order chi connectivity index (χ1) is 24.3. The minimum absolute atomic E-state index is 0.0522. The van der Waals surface area contributed by atoms with Crippen molar-refractivity contribution in [2.24, 2.45) is 27.2 Å². The number of phenolic OH excluding ortho intramolecular Hbond substituents is 1. The molecule has 0 fully saturated rings. The molecule has 0 aliphatic rings. The number of hydrogen-bond donors (Lipinski definition) is 9. The van der Waals surface area contributed by atoms with E-state index >= 15 is 0 Å². The molecule has 0 heterocycles. The summed E-state index contributed by atoms with van der Waals surface area (Å²) in [6.45, 7) is 3.85. The summed E-state index contributed by atoms with van der Waals surface area (Å²) in [6.07, 6.45) is 0.478. The third-order valence-corrected chi connectivity index (χ3v) is 6.54. The van der Waals surface area contributed by atoms with Gasteiger partial charge >= 0.3 is 5.97 Å². The van der Waals surface area contributed by atoms with Gasteiger partial charge in [-0.25, -0.2) is 0 Å². The Labute approximate surface area is 301 Å². The lowest BCUT2D eigenvalue weighted by molar-refractivity contribution is -0.140. The molecular weight excluding hydrogens is 680 g/mol. The van der Waals surface area contributed by atoms with Crippen molar-refractivity contribution < 1.29 is 49.2 Å². The smallest absolute Gasteiger partial charge is 0.305 e. The number of carboxylic acid groups (broad SMARTS) is 3. The Morgan fingerprint density at radius 2 is 1.29 bits per heavy atom. The van der Waals surface area contributed by atoms with Crippen molar-refractivity contribution in [2.45, 2.75) is 71.0 Å². The molecule has 0 aliphatic heterocycles. The van der Waals surface area contributed by atoms with Crippen LogP contribution in [0.2, 0.25) is 0 Å². The van der Waals surface area contributed by atoms with E-state index in [2.05, 4.69) is 20.6 Å². The zero-order chi connectivity index (χ0) is 39.8. The van der Waals surface area contributed by atoms with Gasteiger partial charge in [0.25, 0.3) is 11.9 Å². The number of aliphatic carboxylic acids is 3. The molecule has 0 saturated carbocycles. The summed E-state index contributed by atoms with van der Waals surface area (Å²) in [5.41, 5.74) is 18.1. The molecule has 3 amide bonds. The second-order valence-corrected chi connectivity index (χ2v) is 11.4. The molecule has 0 radical (unpaired) electrons. The van der Waals surface area contributed by atoms with E-state index in [1.165, 1.54) is 31.0 Å². The third kappa shape index (κ3) is 22.4. The van der Waals surface area contributed by atoms with E-state index in [0.29, 0.717) is 12.0 Å². The number of carbonyl (C=O) groups excluding carboxylic acids is 3. The first-order valence-electron chi connectivity index (χ1n) is 16.0. The van der Waals surface area contributed by atoms with Gasteiger partial charge in [0.05, 0.1) is 12.3 Å². The van der Waals surface area contributed by atoms with Crippen molar-refractivity contribution >= 4 is 47.4 Å². The van der Waals surface area contributed by atoms with Gasteiger partial charge in [0.2, 0.25) is 17.7 Å². The lowest BCUT2D eigenvalue weighted by atomic mass is 10.0. The monoisotopic (exact) mass is 730 g/mol. The minimum atomic E-state index is -1.09. The Kier molecular flexibility index (Phi) is 21.9. The number of carbonyl (C=O) groups is 6. The van der Waals surface area contributed by atoms with Crippen molar-refractivity contribution in [1.82, 2.24) is 15.5 Å². The molecule has 286 valence electrons. The van der Waals surface area contributed by atoms with E-state index in [1.807, 2.05) is 6.07 Å². The van der Waals surface area contributed by atoms with Crippen molar-refractivity contribution in [3.8, 4) is 5.75 Å². The van der Waals surface area contributed by atoms with Crippen LogP contribution in [0.1, 0.15) is 51.2 Å². The Hall–Kier alpha value is -6.20. The number of carboxylic acids is 3. The maximum atomic E-state index is 13.7. The van der Waals surface area contributed by atoms with E-state index in [9.17, 15) is 24.3 Å².